The number of nitrogens with zero attached hydrogens (tertiary/aromatic N) is 2. The van der Waals surface area contributed by atoms with E-state index in [4.69, 9.17) is 10.9 Å². The van der Waals surface area contributed by atoms with Gasteiger partial charge < -0.3 is 5.73 Å². The van der Waals surface area contributed by atoms with Crippen molar-refractivity contribution in [3.8, 4) is 0 Å². The first-order valence-corrected chi connectivity index (χ1v) is 10.6. The lowest BCUT2D eigenvalue weighted by atomic mass is 9.99. The number of nitrogens with two attached hydrogens (primary N) is 2. The van der Waals surface area contributed by atoms with E-state index >= 15 is 0 Å². The summed E-state index contributed by atoms with van der Waals surface area (Å²) in [5.41, 5.74) is 8.31. The van der Waals surface area contributed by atoms with Crippen molar-refractivity contribution in [2.75, 3.05) is 39.3 Å². The van der Waals surface area contributed by atoms with E-state index < -0.39 is 20.4 Å². The molecule has 0 aromatic carbocycles. The van der Waals surface area contributed by atoms with Gasteiger partial charge in [0, 0.05) is 32.7 Å². The van der Waals surface area contributed by atoms with E-state index in [1.807, 2.05) is 0 Å². The molecule has 2 saturated heterocycles. The van der Waals surface area contributed by atoms with E-state index in [-0.39, 0.29) is 11.8 Å². The monoisotopic (exact) mass is 370 g/mol. The van der Waals surface area contributed by atoms with Gasteiger partial charge in [-0.15, -0.1) is 4.83 Å². The third kappa shape index (κ3) is 5.32. The Balaban J connectivity index is 1.71. The van der Waals surface area contributed by atoms with Crippen molar-refractivity contribution in [2.24, 2.45) is 22.7 Å². The van der Waals surface area contributed by atoms with Crippen molar-refractivity contribution in [3.63, 3.8) is 0 Å². The molecular formula is C11H26N6O4S2. The average Bonchev–Trinajstić information content (AvgIpc) is 2.96. The van der Waals surface area contributed by atoms with E-state index in [1.54, 1.807) is 0 Å². The van der Waals surface area contributed by atoms with Crippen molar-refractivity contribution < 1.29 is 16.8 Å². The van der Waals surface area contributed by atoms with E-state index in [9.17, 15) is 16.8 Å². The van der Waals surface area contributed by atoms with E-state index in [1.165, 1.54) is 8.61 Å². The Morgan fingerprint density at radius 1 is 0.957 bits per heavy atom. The summed E-state index contributed by atoms with van der Waals surface area (Å²) in [6, 6.07) is 0. The molecule has 2 fully saturated rings. The molecule has 0 saturated carbocycles. The van der Waals surface area contributed by atoms with Gasteiger partial charge in [0.1, 0.15) is 0 Å². The van der Waals surface area contributed by atoms with Crippen LogP contribution in [0.15, 0.2) is 0 Å². The predicted molar refractivity (Wildman–Crippen MR) is 86.2 cm³/mol. The van der Waals surface area contributed by atoms with Crippen LogP contribution in [0.2, 0.25) is 0 Å². The minimum absolute atomic E-state index is 0.200. The summed E-state index contributed by atoms with van der Waals surface area (Å²) in [5.74, 6) is 0.417. The van der Waals surface area contributed by atoms with E-state index in [2.05, 4.69) is 10.3 Å². The van der Waals surface area contributed by atoms with Crippen LogP contribution < -0.4 is 21.1 Å². The minimum Gasteiger partial charge on any atom is -0.330 e. The number of hydrogen-bond donors (Lipinski definition) is 4. The largest absolute Gasteiger partial charge is 0.330 e. The molecule has 23 heavy (non-hydrogen) atoms. The molecule has 0 bridgehead atoms. The van der Waals surface area contributed by atoms with Crippen LogP contribution in [-0.2, 0) is 20.4 Å². The lowest BCUT2D eigenvalue weighted by Crippen LogP contribution is -2.49. The van der Waals surface area contributed by atoms with Crippen LogP contribution in [-0.4, -0.2) is 64.7 Å². The highest BCUT2D eigenvalue weighted by atomic mass is 32.2. The van der Waals surface area contributed by atoms with Crippen LogP contribution in [0.25, 0.3) is 0 Å². The first-order valence-electron chi connectivity index (χ1n) is 7.70. The number of piperidine rings is 1. The molecule has 12 heteroatoms. The first kappa shape index (κ1) is 19.0. The molecule has 1 unspecified atom stereocenters. The Morgan fingerprint density at radius 2 is 1.52 bits per heavy atom. The quantitative estimate of drug-likeness (QED) is 0.364. The Kier molecular flexibility index (Phi) is 6.35. The van der Waals surface area contributed by atoms with Gasteiger partial charge in [-0.1, -0.05) is 0 Å². The molecule has 0 radical (unpaired) electrons. The zero-order valence-electron chi connectivity index (χ0n) is 13.0. The molecule has 0 amide bonds. The van der Waals surface area contributed by atoms with Gasteiger partial charge >= 0.3 is 0 Å². The third-order valence-electron chi connectivity index (χ3n) is 4.45. The number of rotatable bonds is 7. The lowest BCUT2D eigenvalue weighted by molar-refractivity contribution is 0.265. The Labute approximate surface area is 137 Å². The zero-order chi connectivity index (χ0) is 17.1. The fraction of sp³-hybridized carbons (Fsp3) is 1.00. The maximum absolute atomic E-state index is 12.1. The normalized spacial score (nSPS) is 25.9. The average molecular weight is 371 g/mol. The van der Waals surface area contributed by atoms with Crippen LogP contribution in [0, 0.1) is 11.8 Å². The summed E-state index contributed by atoms with van der Waals surface area (Å²) < 4.78 is 49.3. The highest BCUT2D eigenvalue weighted by molar-refractivity contribution is 7.87. The topological polar surface area (TPSA) is 151 Å². The molecule has 6 N–H and O–H groups in total. The molecule has 136 valence electrons. The lowest BCUT2D eigenvalue weighted by Gasteiger charge is -2.30. The fourth-order valence-corrected chi connectivity index (χ4v) is 4.78. The smallest absolute Gasteiger partial charge is 0.292 e. The van der Waals surface area contributed by atoms with Gasteiger partial charge in [0.25, 0.3) is 20.4 Å². The third-order valence-corrected chi connectivity index (χ3v) is 6.95. The molecule has 0 aromatic heterocycles. The molecule has 0 spiro atoms. The Hall–Kier alpha value is -0.340. The van der Waals surface area contributed by atoms with Crippen LogP contribution >= 0.6 is 0 Å². The van der Waals surface area contributed by atoms with Gasteiger partial charge in [-0.05, 0) is 37.6 Å². The maximum Gasteiger partial charge on any atom is 0.292 e. The summed E-state index contributed by atoms with van der Waals surface area (Å²) in [5, 5.41) is 5.08. The van der Waals surface area contributed by atoms with Gasteiger partial charge in [0.2, 0.25) is 0 Å². The Bertz CT molecular complexity index is 588. The van der Waals surface area contributed by atoms with E-state index in [0.717, 1.165) is 6.42 Å². The van der Waals surface area contributed by atoms with Crippen molar-refractivity contribution in [1.29, 1.82) is 0 Å². The number of nitrogens with one attached hydrogen (secondary N) is 2. The molecular weight excluding hydrogens is 344 g/mol. The molecule has 2 aliphatic rings. The first-order chi connectivity index (χ1) is 10.7. The predicted octanol–water partition coefficient (Wildman–Crippen LogP) is -2.48. The Morgan fingerprint density at radius 3 is 2.04 bits per heavy atom. The summed E-state index contributed by atoms with van der Waals surface area (Å²) in [6.45, 7) is 2.59. The highest BCUT2D eigenvalue weighted by Gasteiger charge is 2.31. The van der Waals surface area contributed by atoms with Gasteiger partial charge in [-0.2, -0.15) is 25.4 Å². The van der Waals surface area contributed by atoms with Gasteiger partial charge in [0.05, 0.1) is 0 Å². The van der Waals surface area contributed by atoms with E-state index in [0.29, 0.717) is 52.1 Å². The second-order valence-electron chi connectivity index (χ2n) is 6.12. The summed E-state index contributed by atoms with van der Waals surface area (Å²) >= 11 is 0. The van der Waals surface area contributed by atoms with Gasteiger partial charge in [0.15, 0.2) is 0 Å². The number of hydrogen-bond acceptors (Lipinski definition) is 6. The van der Waals surface area contributed by atoms with Crippen molar-refractivity contribution in [3.05, 3.63) is 0 Å². The molecule has 1 atom stereocenters. The van der Waals surface area contributed by atoms with Crippen molar-refractivity contribution >= 4 is 20.4 Å². The van der Waals surface area contributed by atoms with Gasteiger partial charge in [-0.25, -0.2) is 10.6 Å². The highest BCUT2D eigenvalue weighted by Crippen LogP contribution is 2.18. The SMILES string of the molecule is NCC1CCN(S(=O)(=O)NNCC2CCN(S(N)(=O)=O)CC2)C1. The van der Waals surface area contributed by atoms with Gasteiger partial charge in [-0.3, -0.25) is 0 Å². The van der Waals surface area contributed by atoms with Crippen LogP contribution in [0.5, 0.6) is 0 Å². The second-order valence-corrected chi connectivity index (χ2v) is 9.34. The number of hydrazine groups is 1. The summed E-state index contributed by atoms with van der Waals surface area (Å²) in [4.78, 5) is 2.39. The van der Waals surface area contributed by atoms with Crippen molar-refractivity contribution in [2.45, 2.75) is 19.3 Å². The molecule has 10 nitrogen and oxygen atoms in total. The minimum atomic E-state index is -3.63. The summed E-state index contributed by atoms with van der Waals surface area (Å²) in [6.07, 6.45) is 2.07. The van der Waals surface area contributed by atoms with Crippen LogP contribution in [0.1, 0.15) is 19.3 Å². The van der Waals surface area contributed by atoms with Crippen LogP contribution in [0.4, 0.5) is 0 Å². The van der Waals surface area contributed by atoms with Crippen molar-refractivity contribution in [1.82, 2.24) is 18.9 Å². The fourth-order valence-electron chi connectivity index (χ4n) is 2.92. The standard InChI is InChI=1S/C11H26N6O4S2/c12-7-11-3-6-17(9-11)23(20,21)15-14-8-10-1-4-16(5-2-10)22(13,18)19/h10-11,14-15H,1-9,12H2,(H2,13,18,19). The molecule has 2 aliphatic heterocycles. The molecule has 0 aromatic rings. The maximum atomic E-state index is 12.1. The molecule has 2 heterocycles. The molecule has 2 rings (SSSR count). The van der Waals surface area contributed by atoms with Crippen LogP contribution in [0.3, 0.4) is 0 Å². The summed E-state index contributed by atoms with van der Waals surface area (Å²) in [7, 11) is -7.17. The molecule has 0 aliphatic carbocycles. The second kappa shape index (κ2) is 7.70. The zero-order valence-corrected chi connectivity index (χ0v) is 14.7.